The number of hydrogen-bond acceptors (Lipinski definition) is 3. The van der Waals surface area contributed by atoms with E-state index in [2.05, 4.69) is 33.8 Å². The fourth-order valence-corrected chi connectivity index (χ4v) is 2.41. The second-order valence-electron chi connectivity index (χ2n) is 4.30. The van der Waals surface area contributed by atoms with Crippen molar-refractivity contribution >= 4 is 35.1 Å². The van der Waals surface area contributed by atoms with Crippen LogP contribution in [-0.4, -0.2) is 26.0 Å². The van der Waals surface area contributed by atoms with Crippen molar-refractivity contribution in [2.45, 2.75) is 32.1 Å². The predicted molar refractivity (Wildman–Crippen MR) is 77.2 cm³/mol. The number of H-pyrrole nitrogens is 1. The lowest BCUT2D eigenvalue weighted by Crippen LogP contribution is -2.05. The van der Waals surface area contributed by atoms with Crippen LogP contribution in [0.25, 0.3) is 11.2 Å². The predicted octanol–water partition coefficient (Wildman–Crippen LogP) is 3.54. The summed E-state index contributed by atoms with van der Waals surface area (Å²) >= 11 is 7.23. The lowest BCUT2D eigenvalue weighted by atomic mass is 10.3. The molecular weight excluding hydrogens is 250 g/mol. The summed E-state index contributed by atoms with van der Waals surface area (Å²) in [6.07, 6.45) is 5.14. The summed E-state index contributed by atoms with van der Waals surface area (Å²) in [5.74, 6) is 0. The van der Waals surface area contributed by atoms with E-state index in [-0.39, 0.29) is 0 Å². The summed E-state index contributed by atoms with van der Waals surface area (Å²) in [6.45, 7) is 5.20. The highest BCUT2D eigenvalue weighted by molar-refractivity contribution is 7.99. The van der Waals surface area contributed by atoms with Gasteiger partial charge in [-0.05, 0) is 43.4 Å². The van der Waals surface area contributed by atoms with Gasteiger partial charge >= 0.3 is 0 Å². The van der Waals surface area contributed by atoms with Crippen molar-refractivity contribution in [2.75, 3.05) is 6.26 Å². The number of imidazole rings is 1. The Morgan fingerprint density at radius 3 is 3.06 bits per heavy atom. The van der Waals surface area contributed by atoms with Crippen LogP contribution in [-0.2, 0) is 6.54 Å². The first kappa shape index (κ1) is 12.6. The van der Waals surface area contributed by atoms with Crippen LogP contribution in [0, 0.1) is 11.7 Å². The Bertz CT molecular complexity index is 571. The van der Waals surface area contributed by atoms with E-state index >= 15 is 0 Å². The van der Waals surface area contributed by atoms with E-state index < -0.39 is 0 Å². The van der Waals surface area contributed by atoms with Crippen molar-refractivity contribution in [3.63, 3.8) is 0 Å². The third kappa shape index (κ3) is 2.72. The number of nitrogens with zero attached hydrogens (tertiary/aromatic N) is 2. The number of thioether (sulfide) groups is 1. The fourth-order valence-electron chi connectivity index (χ4n) is 1.78. The zero-order valence-electron chi connectivity index (χ0n) is 10.4. The van der Waals surface area contributed by atoms with Gasteiger partial charge < -0.3 is 9.55 Å². The lowest BCUT2D eigenvalue weighted by molar-refractivity contribution is 0.644. The minimum absolute atomic E-state index is 0.646. The van der Waals surface area contributed by atoms with Crippen LogP contribution in [0.3, 0.4) is 0 Å². The Hall–Kier alpha value is -0.810. The van der Waals surface area contributed by atoms with Gasteiger partial charge in [-0.2, -0.15) is 11.8 Å². The molecule has 0 radical (unpaired) electrons. The number of nitrogens with one attached hydrogen (secondary N) is 1. The normalized spacial score (nSPS) is 13.1. The molecule has 0 bridgehead atoms. The van der Waals surface area contributed by atoms with E-state index in [1.165, 1.54) is 0 Å². The molecule has 0 aliphatic heterocycles. The van der Waals surface area contributed by atoms with Gasteiger partial charge in [-0.25, -0.2) is 4.98 Å². The second kappa shape index (κ2) is 5.23. The monoisotopic (exact) mass is 267 g/mol. The summed E-state index contributed by atoms with van der Waals surface area (Å²) in [7, 11) is 0. The van der Waals surface area contributed by atoms with Crippen molar-refractivity contribution in [3.8, 4) is 0 Å². The summed E-state index contributed by atoms with van der Waals surface area (Å²) in [4.78, 5) is 7.68. The minimum Gasteiger partial charge on any atom is -0.329 e. The zero-order chi connectivity index (χ0) is 12.4. The number of aromatic nitrogens is 3. The molecule has 92 valence electrons. The molecule has 0 aliphatic rings. The van der Waals surface area contributed by atoms with E-state index in [4.69, 9.17) is 12.2 Å². The van der Waals surface area contributed by atoms with E-state index in [1.54, 1.807) is 0 Å². The van der Waals surface area contributed by atoms with Crippen LogP contribution in [0.15, 0.2) is 12.3 Å². The molecule has 0 saturated carbocycles. The van der Waals surface area contributed by atoms with Gasteiger partial charge in [0.25, 0.3) is 0 Å². The number of aryl methyl sites for hydroxylation is 2. The van der Waals surface area contributed by atoms with Gasteiger partial charge in [0.2, 0.25) is 0 Å². The van der Waals surface area contributed by atoms with Gasteiger partial charge in [0, 0.05) is 18.0 Å². The molecule has 3 nitrogen and oxygen atoms in total. The zero-order valence-corrected chi connectivity index (χ0v) is 12.0. The molecule has 2 aromatic heterocycles. The second-order valence-corrected chi connectivity index (χ2v) is 5.96. The van der Waals surface area contributed by atoms with Gasteiger partial charge in [-0.1, -0.05) is 6.92 Å². The Morgan fingerprint density at radius 1 is 1.59 bits per heavy atom. The van der Waals surface area contributed by atoms with E-state index in [9.17, 15) is 0 Å². The Labute approximate surface area is 111 Å². The Morgan fingerprint density at radius 2 is 2.35 bits per heavy atom. The van der Waals surface area contributed by atoms with Crippen LogP contribution in [0.2, 0.25) is 0 Å². The summed E-state index contributed by atoms with van der Waals surface area (Å²) in [5, 5.41) is 0.646. The van der Waals surface area contributed by atoms with E-state index in [0.717, 1.165) is 34.5 Å². The molecule has 1 unspecified atom stereocenters. The lowest BCUT2D eigenvalue weighted by Gasteiger charge is -2.08. The quantitative estimate of drug-likeness (QED) is 0.860. The molecule has 2 aromatic rings. The van der Waals surface area contributed by atoms with Crippen molar-refractivity contribution in [3.05, 3.63) is 22.6 Å². The van der Waals surface area contributed by atoms with Gasteiger partial charge in [0.15, 0.2) is 10.4 Å². The molecule has 1 N–H and O–H groups in total. The van der Waals surface area contributed by atoms with Crippen LogP contribution in [0.1, 0.15) is 18.9 Å². The third-order valence-corrected chi connectivity index (χ3v) is 4.27. The molecule has 0 aromatic carbocycles. The van der Waals surface area contributed by atoms with Gasteiger partial charge in [0.1, 0.15) is 0 Å². The largest absolute Gasteiger partial charge is 0.329 e. The first-order valence-electron chi connectivity index (χ1n) is 5.69. The highest BCUT2D eigenvalue weighted by atomic mass is 32.2. The van der Waals surface area contributed by atoms with Gasteiger partial charge in [-0.3, -0.25) is 0 Å². The average molecular weight is 267 g/mol. The number of fused-ring (bicyclic) bond motifs is 1. The maximum Gasteiger partial charge on any atom is 0.179 e. The molecule has 2 heterocycles. The van der Waals surface area contributed by atoms with Gasteiger partial charge in [0.05, 0.1) is 5.52 Å². The smallest absolute Gasteiger partial charge is 0.179 e. The van der Waals surface area contributed by atoms with Crippen LogP contribution in [0.5, 0.6) is 0 Å². The molecule has 17 heavy (non-hydrogen) atoms. The Kier molecular flexibility index (Phi) is 3.89. The molecular formula is C12H17N3S2. The average Bonchev–Trinajstić information content (AvgIpc) is 2.61. The van der Waals surface area contributed by atoms with Crippen molar-refractivity contribution in [2.24, 2.45) is 0 Å². The highest BCUT2D eigenvalue weighted by Gasteiger charge is 2.07. The molecule has 0 amide bonds. The van der Waals surface area contributed by atoms with Crippen molar-refractivity contribution in [1.29, 1.82) is 0 Å². The SMILES string of the molecule is CSC(C)CCn1c(=S)[nH]c2cc(C)cnc21. The van der Waals surface area contributed by atoms with Crippen LogP contribution < -0.4 is 0 Å². The standard InChI is InChI=1S/C12H17N3S2/c1-8-6-10-11(13-7-8)15(12(16)14-10)5-4-9(2)17-3/h6-7,9H,4-5H2,1-3H3,(H,14,16). The van der Waals surface area contributed by atoms with Crippen molar-refractivity contribution in [1.82, 2.24) is 14.5 Å². The molecule has 1 atom stereocenters. The molecule has 0 spiro atoms. The van der Waals surface area contributed by atoms with Crippen LogP contribution in [0.4, 0.5) is 0 Å². The first-order chi connectivity index (χ1) is 8.11. The maximum atomic E-state index is 5.35. The third-order valence-electron chi connectivity index (χ3n) is 2.91. The minimum atomic E-state index is 0.646. The summed E-state index contributed by atoms with van der Waals surface area (Å²) in [5.41, 5.74) is 3.15. The topological polar surface area (TPSA) is 33.6 Å². The van der Waals surface area contributed by atoms with Gasteiger partial charge in [-0.15, -0.1) is 0 Å². The van der Waals surface area contributed by atoms with Crippen molar-refractivity contribution < 1.29 is 0 Å². The van der Waals surface area contributed by atoms with Crippen LogP contribution >= 0.6 is 24.0 Å². The number of pyridine rings is 1. The number of rotatable bonds is 4. The molecule has 0 fully saturated rings. The molecule has 0 saturated heterocycles. The number of aromatic amines is 1. The number of hydrogen-bond donors (Lipinski definition) is 1. The molecule has 2 rings (SSSR count). The summed E-state index contributed by atoms with van der Waals surface area (Å²) in [6, 6.07) is 2.09. The van der Waals surface area contributed by atoms with E-state index in [0.29, 0.717) is 5.25 Å². The molecule has 0 aliphatic carbocycles. The highest BCUT2D eigenvalue weighted by Crippen LogP contribution is 2.16. The molecule has 5 heteroatoms. The fraction of sp³-hybridized carbons (Fsp3) is 0.500. The summed E-state index contributed by atoms with van der Waals surface area (Å²) < 4.78 is 2.86. The first-order valence-corrected chi connectivity index (χ1v) is 7.39. The van der Waals surface area contributed by atoms with E-state index in [1.807, 2.05) is 24.9 Å². The maximum absolute atomic E-state index is 5.35. The Balaban J connectivity index is 2.33.